The van der Waals surface area contributed by atoms with Gasteiger partial charge in [0.2, 0.25) is 5.91 Å². The number of sulfonamides is 1. The maximum atomic E-state index is 13.9. The maximum Gasteiger partial charge on any atom is 0.264 e. The van der Waals surface area contributed by atoms with E-state index >= 15 is 0 Å². The minimum Gasteiger partial charge on any atom is -0.324 e. The van der Waals surface area contributed by atoms with Crippen LogP contribution in [0.25, 0.3) is 0 Å². The molecule has 1 N–H and O–H groups in total. The molecule has 3 aromatic rings. The highest BCUT2D eigenvalue weighted by Crippen LogP contribution is 2.26. The Morgan fingerprint density at radius 2 is 1.61 bits per heavy atom. The van der Waals surface area contributed by atoms with Crippen molar-refractivity contribution in [1.82, 2.24) is 0 Å². The molecule has 0 spiro atoms. The van der Waals surface area contributed by atoms with Crippen molar-refractivity contribution in [1.29, 1.82) is 0 Å². The molecule has 1 amide bonds. The largest absolute Gasteiger partial charge is 0.324 e. The quantitative estimate of drug-likeness (QED) is 0.506. The summed E-state index contributed by atoms with van der Waals surface area (Å²) in [5.74, 6) is -1.11. The summed E-state index contributed by atoms with van der Waals surface area (Å²) >= 11 is 1.49. The molecule has 0 radical (unpaired) electrons. The van der Waals surface area contributed by atoms with Crippen LogP contribution in [0, 0.1) is 19.7 Å². The van der Waals surface area contributed by atoms with Gasteiger partial charge in [0.25, 0.3) is 10.0 Å². The summed E-state index contributed by atoms with van der Waals surface area (Å²) in [5, 5.41) is 2.79. The molecule has 5 nitrogen and oxygen atoms in total. The number of hydrogen-bond acceptors (Lipinski definition) is 4. The molecule has 0 heterocycles. The van der Waals surface area contributed by atoms with E-state index in [1.54, 1.807) is 12.1 Å². The first kappa shape index (κ1) is 22.8. The number of carbonyl (C=O) groups excluding carboxylic acids is 1. The number of halogens is 1. The molecule has 0 unspecified atom stereocenters. The van der Waals surface area contributed by atoms with Gasteiger partial charge in [-0.2, -0.15) is 0 Å². The molecule has 0 aliphatic heterocycles. The molecule has 3 aromatic carbocycles. The zero-order valence-electron chi connectivity index (χ0n) is 17.4. The Hall–Kier alpha value is -2.84. The summed E-state index contributed by atoms with van der Waals surface area (Å²) < 4.78 is 41.6. The highest BCUT2D eigenvalue weighted by Gasteiger charge is 2.28. The van der Waals surface area contributed by atoms with E-state index in [0.717, 1.165) is 26.4 Å². The molecule has 0 atom stereocenters. The zero-order valence-corrected chi connectivity index (χ0v) is 19.1. The number of nitrogens with zero attached hydrogens (tertiary/aromatic N) is 1. The van der Waals surface area contributed by atoms with Gasteiger partial charge in [-0.1, -0.05) is 24.3 Å². The zero-order chi connectivity index (χ0) is 22.6. The molecule has 0 saturated carbocycles. The van der Waals surface area contributed by atoms with Crippen LogP contribution in [0.3, 0.4) is 0 Å². The smallest absolute Gasteiger partial charge is 0.264 e. The Kier molecular flexibility index (Phi) is 7.02. The fourth-order valence-corrected chi connectivity index (χ4v) is 4.96. The van der Waals surface area contributed by atoms with Crippen LogP contribution in [0.5, 0.6) is 0 Å². The van der Waals surface area contributed by atoms with Gasteiger partial charge >= 0.3 is 0 Å². The maximum absolute atomic E-state index is 13.9. The highest BCUT2D eigenvalue weighted by molar-refractivity contribution is 7.98. The molecular weight excluding hydrogens is 435 g/mol. The number of amides is 1. The molecule has 8 heteroatoms. The second-order valence-electron chi connectivity index (χ2n) is 6.98. The fourth-order valence-electron chi connectivity index (χ4n) is 3.14. The van der Waals surface area contributed by atoms with Crippen LogP contribution in [-0.2, 0) is 14.8 Å². The molecular formula is C23H23FN2O3S2. The average molecular weight is 459 g/mol. The van der Waals surface area contributed by atoms with Crippen LogP contribution in [-0.4, -0.2) is 27.1 Å². The molecule has 0 fully saturated rings. The van der Waals surface area contributed by atoms with Crippen molar-refractivity contribution in [2.45, 2.75) is 23.6 Å². The van der Waals surface area contributed by atoms with Gasteiger partial charge in [-0.15, -0.1) is 11.8 Å². The third-order valence-electron chi connectivity index (χ3n) is 4.78. The van der Waals surface area contributed by atoms with E-state index in [0.29, 0.717) is 5.69 Å². The number of hydrogen-bond donors (Lipinski definition) is 1. The Morgan fingerprint density at radius 3 is 2.19 bits per heavy atom. The standard InChI is InChI=1S/C23H23FN2O3S2/c1-16-6-4-7-17(2)23(16)25-22(27)15-26(19-9-5-8-18(24)14-19)31(28,29)21-12-10-20(30-3)11-13-21/h4-14H,15H2,1-3H3,(H,25,27). The van der Waals surface area contributed by atoms with Gasteiger partial charge in [-0.3, -0.25) is 9.10 Å². The monoisotopic (exact) mass is 458 g/mol. The number of carbonyl (C=O) groups is 1. The molecule has 0 aliphatic carbocycles. The summed E-state index contributed by atoms with van der Waals surface area (Å²) in [5.41, 5.74) is 2.43. The second kappa shape index (κ2) is 9.53. The van der Waals surface area contributed by atoms with Crippen LogP contribution >= 0.6 is 11.8 Å². The topological polar surface area (TPSA) is 66.5 Å². The van der Waals surface area contributed by atoms with Crippen LogP contribution in [0.15, 0.2) is 76.5 Å². The number of para-hydroxylation sites is 1. The summed E-state index contributed by atoms with van der Waals surface area (Å²) in [7, 11) is -4.11. The lowest BCUT2D eigenvalue weighted by Gasteiger charge is -2.24. The number of benzene rings is 3. The molecule has 0 aromatic heterocycles. The predicted molar refractivity (Wildman–Crippen MR) is 124 cm³/mol. The SMILES string of the molecule is CSc1ccc(S(=O)(=O)N(CC(=O)Nc2c(C)cccc2C)c2cccc(F)c2)cc1. The Balaban J connectivity index is 1.97. The number of aryl methyl sites for hydroxylation is 2. The van der Waals surface area contributed by atoms with Gasteiger partial charge in [-0.05, 0) is 73.7 Å². The molecule has 0 saturated heterocycles. The van der Waals surface area contributed by atoms with Crippen molar-refractivity contribution in [3.63, 3.8) is 0 Å². The Morgan fingerprint density at radius 1 is 1.00 bits per heavy atom. The van der Waals surface area contributed by atoms with Crippen LogP contribution < -0.4 is 9.62 Å². The molecule has 162 valence electrons. The van der Waals surface area contributed by atoms with Gasteiger partial charge in [0, 0.05) is 10.6 Å². The van der Waals surface area contributed by atoms with Gasteiger partial charge in [-0.25, -0.2) is 12.8 Å². The number of thioether (sulfide) groups is 1. The first-order chi connectivity index (χ1) is 14.7. The van der Waals surface area contributed by atoms with E-state index in [2.05, 4.69) is 5.32 Å². The lowest BCUT2D eigenvalue weighted by molar-refractivity contribution is -0.114. The van der Waals surface area contributed by atoms with Crippen LogP contribution in [0.2, 0.25) is 0 Å². The Bertz CT molecular complexity index is 1180. The summed E-state index contributed by atoms with van der Waals surface area (Å²) in [6.45, 7) is 3.22. The number of nitrogens with one attached hydrogen (secondary N) is 1. The first-order valence-corrected chi connectivity index (χ1v) is 12.2. The lowest BCUT2D eigenvalue weighted by atomic mass is 10.1. The Labute approximate surface area is 186 Å². The highest BCUT2D eigenvalue weighted by atomic mass is 32.2. The number of anilines is 2. The fraction of sp³-hybridized carbons (Fsp3) is 0.174. The van der Waals surface area contributed by atoms with E-state index in [4.69, 9.17) is 0 Å². The van der Waals surface area contributed by atoms with Crippen LogP contribution in [0.1, 0.15) is 11.1 Å². The molecule has 31 heavy (non-hydrogen) atoms. The summed E-state index contributed by atoms with van der Waals surface area (Å²) in [6.07, 6.45) is 1.89. The van der Waals surface area contributed by atoms with E-state index < -0.39 is 28.3 Å². The van der Waals surface area contributed by atoms with Crippen molar-refractivity contribution in [3.8, 4) is 0 Å². The molecule has 0 bridgehead atoms. The third kappa shape index (κ3) is 5.26. The van der Waals surface area contributed by atoms with E-state index in [1.165, 1.54) is 42.1 Å². The minimum absolute atomic E-state index is 0.0226. The van der Waals surface area contributed by atoms with Gasteiger partial charge in [0.15, 0.2) is 0 Å². The van der Waals surface area contributed by atoms with E-state index in [-0.39, 0.29) is 10.6 Å². The molecule has 0 aliphatic rings. The van der Waals surface area contributed by atoms with E-state index in [1.807, 2.05) is 38.3 Å². The third-order valence-corrected chi connectivity index (χ3v) is 7.31. The second-order valence-corrected chi connectivity index (χ2v) is 9.72. The van der Waals surface area contributed by atoms with Crippen molar-refractivity contribution in [2.75, 3.05) is 22.4 Å². The first-order valence-electron chi connectivity index (χ1n) is 9.51. The van der Waals surface area contributed by atoms with Gasteiger partial charge in [0.05, 0.1) is 10.6 Å². The van der Waals surface area contributed by atoms with Crippen molar-refractivity contribution < 1.29 is 17.6 Å². The number of rotatable bonds is 7. The van der Waals surface area contributed by atoms with Crippen molar-refractivity contribution in [3.05, 3.63) is 83.7 Å². The summed E-state index contributed by atoms with van der Waals surface area (Å²) in [6, 6.07) is 17.1. The normalized spacial score (nSPS) is 11.2. The minimum atomic E-state index is -4.11. The summed E-state index contributed by atoms with van der Waals surface area (Å²) in [4.78, 5) is 13.8. The predicted octanol–water partition coefficient (Wildman–Crippen LogP) is 5.00. The molecule has 3 rings (SSSR count). The van der Waals surface area contributed by atoms with Crippen molar-refractivity contribution in [2.24, 2.45) is 0 Å². The van der Waals surface area contributed by atoms with Crippen molar-refractivity contribution >= 4 is 39.1 Å². The van der Waals surface area contributed by atoms with Gasteiger partial charge in [0.1, 0.15) is 12.4 Å². The van der Waals surface area contributed by atoms with Gasteiger partial charge < -0.3 is 5.32 Å². The van der Waals surface area contributed by atoms with E-state index in [9.17, 15) is 17.6 Å². The average Bonchev–Trinajstić information content (AvgIpc) is 2.74. The lowest BCUT2D eigenvalue weighted by Crippen LogP contribution is -2.38. The van der Waals surface area contributed by atoms with Crippen LogP contribution in [0.4, 0.5) is 15.8 Å².